The minimum atomic E-state index is -0.517. The Hall–Kier alpha value is -2.00. The standard InChI is InChI=1S/C13H10ClNO2/c14-11-8-4-7-10(12(11)15)13(16)17-9-5-2-1-3-6-9/h1-8H,15H2. The summed E-state index contributed by atoms with van der Waals surface area (Å²) in [6, 6.07) is 13.6. The van der Waals surface area contributed by atoms with E-state index in [1.54, 1.807) is 42.5 Å². The fraction of sp³-hybridized carbons (Fsp3) is 0. The molecular weight excluding hydrogens is 238 g/mol. The van der Waals surface area contributed by atoms with Crippen molar-refractivity contribution >= 4 is 23.3 Å². The summed E-state index contributed by atoms with van der Waals surface area (Å²) in [5.41, 5.74) is 6.20. The van der Waals surface area contributed by atoms with Crippen LogP contribution >= 0.6 is 11.6 Å². The highest BCUT2D eigenvalue weighted by atomic mass is 35.5. The zero-order valence-electron chi connectivity index (χ0n) is 8.89. The predicted molar refractivity (Wildman–Crippen MR) is 67.3 cm³/mol. The molecule has 0 amide bonds. The molecule has 2 aromatic carbocycles. The van der Waals surface area contributed by atoms with Crippen LogP contribution in [0.3, 0.4) is 0 Å². The number of carbonyl (C=O) groups excluding carboxylic acids is 1. The average Bonchev–Trinajstić information content (AvgIpc) is 2.34. The van der Waals surface area contributed by atoms with Crippen molar-refractivity contribution in [1.82, 2.24) is 0 Å². The third-order valence-electron chi connectivity index (χ3n) is 2.23. The number of rotatable bonds is 2. The molecule has 2 rings (SSSR count). The van der Waals surface area contributed by atoms with Gasteiger partial charge in [0.15, 0.2) is 0 Å². The number of benzene rings is 2. The van der Waals surface area contributed by atoms with E-state index in [2.05, 4.69) is 0 Å². The number of anilines is 1. The largest absolute Gasteiger partial charge is 0.423 e. The van der Waals surface area contributed by atoms with Gasteiger partial charge in [0, 0.05) is 0 Å². The number of nitrogen functional groups attached to an aromatic ring is 1. The van der Waals surface area contributed by atoms with Crippen LogP contribution in [0, 0.1) is 0 Å². The molecule has 4 heteroatoms. The van der Waals surface area contributed by atoms with E-state index in [1.807, 2.05) is 6.07 Å². The Balaban J connectivity index is 2.24. The zero-order chi connectivity index (χ0) is 12.3. The van der Waals surface area contributed by atoms with Crippen molar-refractivity contribution in [1.29, 1.82) is 0 Å². The highest BCUT2D eigenvalue weighted by molar-refractivity contribution is 6.33. The van der Waals surface area contributed by atoms with Gasteiger partial charge in [0.05, 0.1) is 16.3 Å². The third kappa shape index (κ3) is 2.57. The van der Waals surface area contributed by atoms with Crippen molar-refractivity contribution in [2.45, 2.75) is 0 Å². The van der Waals surface area contributed by atoms with Crippen molar-refractivity contribution in [2.75, 3.05) is 5.73 Å². The van der Waals surface area contributed by atoms with Crippen molar-refractivity contribution in [3.63, 3.8) is 0 Å². The van der Waals surface area contributed by atoms with Gasteiger partial charge in [-0.1, -0.05) is 35.9 Å². The first-order valence-corrected chi connectivity index (χ1v) is 5.37. The second kappa shape index (κ2) is 4.89. The van der Waals surface area contributed by atoms with Gasteiger partial charge < -0.3 is 10.5 Å². The maximum atomic E-state index is 11.8. The summed E-state index contributed by atoms with van der Waals surface area (Å²) in [6.45, 7) is 0. The molecule has 86 valence electrons. The lowest BCUT2D eigenvalue weighted by molar-refractivity contribution is 0.0736. The topological polar surface area (TPSA) is 52.3 Å². The monoisotopic (exact) mass is 247 g/mol. The fourth-order valence-electron chi connectivity index (χ4n) is 1.37. The summed E-state index contributed by atoms with van der Waals surface area (Å²) in [5, 5.41) is 0.340. The average molecular weight is 248 g/mol. The van der Waals surface area contributed by atoms with E-state index in [9.17, 15) is 4.79 Å². The predicted octanol–water partition coefficient (Wildman–Crippen LogP) is 3.14. The van der Waals surface area contributed by atoms with Gasteiger partial charge in [-0.15, -0.1) is 0 Å². The number of esters is 1. The first-order chi connectivity index (χ1) is 8.18. The molecule has 0 aliphatic rings. The van der Waals surface area contributed by atoms with Crippen molar-refractivity contribution < 1.29 is 9.53 Å². The first kappa shape index (κ1) is 11.5. The van der Waals surface area contributed by atoms with Crippen LogP contribution in [0.4, 0.5) is 5.69 Å². The number of nitrogens with two attached hydrogens (primary N) is 1. The summed E-state index contributed by atoms with van der Waals surface area (Å²) in [5.74, 6) is -0.0481. The number of carbonyl (C=O) groups is 1. The van der Waals surface area contributed by atoms with Crippen molar-refractivity contribution in [2.24, 2.45) is 0 Å². The molecule has 2 aromatic rings. The molecular formula is C13H10ClNO2. The molecule has 0 saturated carbocycles. The molecule has 0 saturated heterocycles. The molecule has 0 aliphatic carbocycles. The Bertz CT molecular complexity index is 540. The number of para-hydroxylation sites is 2. The Kier molecular flexibility index (Phi) is 3.30. The van der Waals surface area contributed by atoms with E-state index in [0.29, 0.717) is 10.8 Å². The lowest BCUT2D eigenvalue weighted by Crippen LogP contribution is -2.11. The lowest BCUT2D eigenvalue weighted by Gasteiger charge is -2.07. The van der Waals surface area contributed by atoms with Gasteiger partial charge >= 0.3 is 5.97 Å². The van der Waals surface area contributed by atoms with Crippen molar-refractivity contribution in [3.8, 4) is 5.75 Å². The fourth-order valence-corrected chi connectivity index (χ4v) is 1.54. The molecule has 0 heterocycles. The summed E-state index contributed by atoms with van der Waals surface area (Å²) < 4.78 is 5.16. The van der Waals surface area contributed by atoms with Crippen LogP contribution in [0.5, 0.6) is 5.75 Å². The molecule has 0 radical (unpaired) electrons. The van der Waals surface area contributed by atoms with Crippen LogP contribution in [0.25, 0.3) is 0 Å². The van der Waals surface area contributed by atoms with E-state index >= 15 is 0 Å². The Morgan fingerprint density at radius 1 is 1.06 bits per heavy atom. The van der Waals surface area contributed by atoms with E-state index in [4.69, 9.17) is 22.1 Å². The van der Waals surface area contributed by atoms with Gasteiger partial charge in [0.25, 0.3) is 0 Å². The molecule has 0 aliphatic heterocycles. The number of halogens is 1. The van der Waals surface area contributed by atoms with Crippen LogP contribution in [0.1, 0.15) is 10.4 Å². The molecule has 0 spiro atoms. The summed E-state index contributed by atoms with van der Waals surface area (Å²) in [7, 11) is 0. The summed E-state index contributed by atoms with van der Waals surface area (Å²) in [6.07, 6.45) is 0. The van der Waals surface area contributed by atoms with Crippen LogP contribution in [0.2, 0.25) is 5.02 Å². The Labute approximate surface area is 104 Å². The van der Waals surface area contributed by atoms with Gasteiger partial charge in [-0.3, -0.25) is 0 Å². The number of hydrogen-bond donors (Lipinski definition) is 1. The SMILES string of the molecule is Nc1c(Cl)cccc1C(=O)Oc1ccccc1. The smallest absolute Gasteiger partial charge is 0.345 e. The van der Waals surface area contributed by atoms with Gasteiger partial charge in [-0.25, -0.2) is 4.79 Å². The van der Waals surface area contributed by atoms with Crippen LogP contribution < -0.4 is 10.5 Å². The first-order valence-electron chi connectivity index (χ1n) is 4.99. The number of hydrogen-bond acceptors (Lipinski definition) is 3. The summed E-state index contributed by atoms with van der Waals surface area (Å²) in [4.78, 5) is 11.8. The molecule has 2 N–H and O–H groups in total. The third-order valence-corrected chi connectivity index (χ3v) is 2.56. The van der Waals surface area contributed by atoms with E-state index in [1.165, 1.54) is 0 Å². The maximum Gasteiger partial charge on any atom is 0.345 e. The van der Waals surface area contributed by atoms with Gasteiger partial charge in [-0.2, -0.15) is 0 Å². The van der Waals surface area contributed by atoms with Crippen LogP contribution in [-0.4, -0.2) is 5.97 Å². The van der Waals surface area contributed by atoms with E-state index in [-0.39, 0.29) is 11.3 Å². The second-order valence-electron chi connectivity index (χ2n) is 3.40. The number of ether oxygens (including phenoxy) is 1. The highest BCUT2D eigenvalue weighted by Crippen LogP contribution is 2.23. The minimum Gasteiger partial charge on any atom is -0.423 e. The second-order valence-corrected chi connectivity index (χ2v) is 3.81. The van der Waals surface area contributed by atoms with Gasteiger partial charge in [-0.05, 0) is 24.3 Å². The van der Waals surface area contributed by atoms with Crippen LogP contribution in [0.15, 0.2) is 48.5 Å². The molecule has 0 atom stereocenters. The molecule has 0 fully saturated rings. The maximum absolute atomic E-state index is 11.8. The normalized spacial score (nSPS) is 9.94. The summed E-state index contributed by atoms with van der Waals surface area (Å²) >= 11 is 5.83. The van der Waals surface area contributed by atoms with E-state index in [0.717, 1.165) is 0 Å². The Morgan fingerprint density at radius 3 is 2.47 bits per heavy atom. The molecule has 3 nitrogen and oxygen atoms in total. The Morgan fingerprint density at radius 2 is 1.76 bits per heavy atom. The highest BCUT2D eigenvalue weighted by Gasteiger charge is 2.13. The van der Waals surface area contributed by atoms with Crippen molar-refractivity contribution in [3.05, 3.63) is 59.1 Å². The van der Waals surface area contributed by atoms with E-state index < -0.39 is 5.97 Å². The molecule has 0 aromatic heterocycles. The van der Waals surface area contributed by atoms with Gasteiger partial charge in [0.2, 0.25) is 0 Å². The molecule has 17 heavy (non-hydrogen) atoms. The molecule has 0 bridgehead atoms. The lowest BCUT2D eigenvalue weighted by atomic mass is 10.2. The molecule has 0 unspecified atom stereocenters. The quantitative estimate of drug-likeness (QED) is 0.504. The zero-order valence-corrected chi connectivity index (χ0v) is 9.65. The van der Waals surface area contributed by atoms with Crippen LogP contribution in [-0.2, 0) is 0 Å². The minimum absolute atomic E-state index is 0.232. The van der Waals surface area contributed by atoms with Gasteiger partial charge in [0.1, 0.15) is 5.75 Å².